The van der Waals surface area contributed by atoms with Gasteiger partial charge in [-0.1, -0.05) is 39.0 Å². The topological polar surface area (TPSA) is 80.3 Å². The van der Waals surface area contributed by atoms with Crippen LogP contribution in [0.2, 0.25) is 18.1 Å². The number of sulfone groups is 1. The zero-order chi connectivity index (χ0) is 26.0. The number of rotatable bonds is 9. The van der Waals surface area contributed by atoms with E-state index in [0.29, 0.717) is 17.2 Å². The standard InChI is InChI=1S/C26H38O7SSi/c1-26(2,3)35(7,8)33-16-20-23(34(27,28)19-12-10-9-11-13-19)17-32-24(20)18-14-21(29-4)25(31-6)22(15-18)30-5/h9-15,20,23-24H,16-17H2,1-8H3/t20-,23-,24+/m0/s1. The Balaban J connectivity index is 2.06. The Labute approximate surface area is 210 Å². The first kappa shape index (κ1) is 27.5. The molecule has 0 spiro atoms. The van der Waals surface area contributed by atoms with Crippen molar-refractivity contribution in [2.24, 2.45) is 5.92 Å². The van der Waals surface area contributed by atoms with Crippen molar-refractivity contribution in [1.29, 1.82) is 0 Å². The van der Waals surface area contributed by atoms with Crippen LogP contribution in [-0.2, 0) is 19.0 Å². The third-order valence-electron chi connectivity index (χ3n) is 7.24. The van der Waals surface area contributed by atoms with Crippen molar-refractivity contribution in [2.45, 2.75) is 55.2 Å². The molecular formula is C26H38O7SSi. The molecule has 0 radical (unpaired) electrons. The second-order valence-electron chi connectivity index (χ2n) is 10.3. The lowest BCUT2D eigenvalue weighted by Gasteiger charge is -2.38. The van der Waals surface area contributed by atoms with Gasteiger partial charge < -0.3 is 23.4 Å². The fraction of sp³-hybridized carbons (Fsp3) is 0.538. The van der Waals surface area contributed by atoms with Crippen LogP contribution in [0.1, 0.15) is 32.4 Å². The summed E-state index contributed by atoms with van der Waals surface area (Å²) < 4.78 is 56.7. The molecule has 1 fully saturated rings. The van der Waals surface area contributed by atoms with Crippen molar-refractivity contribution in [3.63, 3.8) is 0 Å². The summed E-state index contributed by atoms with van der Waals surface area (Å²) in [4.78, 5) is 0.288. The average Bonchev–Trinajstić information content (AvgIpc) is 3.26. The first-order valence-corrected chi connectivity index (χ1v) is 16.2. The highest BCUT2D eigenvalue weighted by Gasteiger charge is 2.48. The molecule has 9 heteroatoms. The summed E-state index contributed by atoms with van der Waals surface area (Å²) in [6.45, 7) is 11.2. The Morgan fingerprint density at radius 2 is 1.54 bits per heavy atom. The second-order valence-corrected chi connectivity index (χ2v) is 17.3. The van der Waals surface area contributed by atoms with Crippen molar-refractivity contribution < 1.29 is 31.8 Å². The van der Waals surface area contributed by atoms with Gasteiger partial charge in [0.05, 0.1) is 44.2 Å². The Morgan fingerprint density at radius 3 is 2.03 bits per heavy atom. The van der Waals surface area contributed by atoms with Gasteiger partial charge in [-0.25, -0.2) is 8.42 Å². The molecule has 0 amide bonds. The summed E-state index contributed by atoms with van der Waals surface area (Å²) in [5.41, 5.74) is 0.758. The largest absolute Gasteiger partial charge is 0.493 e. The van der Waals surface area contributed by atoms with E-state index in [9.17, 15) is 8.42 Å². The van der Waals surface area contributed by atoms with E-state index < -0.39 is 35.4 Å². The van der Waals surface area contributed by atoms with Crippen LogP contribution in [0.5, 0.6) is 17.2 Å². The molecule has 0 aliphatic carbocycles. The van der Waals surface area contributed by atoms with E-state index in [1.807, 2.05) is 12.1 Å². The molecule has 7 nitrogen and oxygen atoms in total. The molecular weight excluding hydrogens is 484 g/mol. The lowest BCUT2D eigenvalue weighted by Crippen LogP contribution is -2.44. The van der Waals surface area contributed by atoms with Crippen molar-refractivity contribution >= 4 is 18.2 Å². The number of hydrogen-bond donors (Lipinski definition) is 0. The SMILES string of the molecule is COc1cc([C@H]2OC[C@H](S(=O)(=O)c3ccccc3)[C@@H]2CO[Si](C)(C)C(C)(C)C)cc(OC)c1OC. The molecule has 0 N–H and O–H groups in total. The zero-order valence-electron chi connectivity index (χ0n) is 22.0. The molecule has 1 aliphatic heterocycles. The number of benzene rings is 2. The van der Waals surface area contributed by atoms with Crippen LogP contribution in [0.4, 0.5) is 0 Å². The summed E-state index contributed by atoms with van der Waals surface area (Å²) in [7, 11) is -1.14. The van der Waals surface area contributed by atoms with E-state index in [0.717, 1.165) is 5.56 Å². The molecule has 0 bridgehead atoms. The monoisotopic (exact) mass is 522 g/mol. The van der Waals surface area contributed by atoms with Gasteiger partial charge in [-0.2, -0.15) is 0 Å². The first-order chi connectivity index (χ1) is 16.4. The molecule has 3 rings (SSSR count). The molecule has 0 unspecified atom stereocenters. The first-order valence-electron chi connectivity index (χ1n) is 11.7. The quantitative estimate of drug-likeness (QED) is 0.415. The molecule has 2 aromatic rings. The summed E-state index contributed by atoms with van der Waals surface area (Å²) in [6, 6.07) is 12.2. The van der Waals surface area contributed by atoms with E-state index in [1.54, 1.807) is 51.7 Å². The number of hydrogen-bond acceptors (Lipinski definition) is 7. The fourth-order valence-corrected chi connectivity index (χ4v) is 6.94. The Bertz CT molecular complexity index is 1090. The highest BCUT2D eigenvalue weighted by Crippen LogP contribution is 2.46. The molecule has 35 heavy (non-hydrogen) atoms. The molecule has 0 saturated carbocycles. The van der Waals surface area contributed by atoms with Crippen LogP contribution < -0.4 is 14.2 Å². The molecule has 2 aromatic carbocycles. The van der Waals surface area contributed by atoms with Crippen molar-refractivity contribution in [2.75, 3.05) is 34.5 Å². The van der Waals surface area contributed by atoms with E-state index in [4.69, 9.17) is 23.4 Å². The van der Waals surface area contributed by atoms with E-state index in [2.05, 4.69) is 33.9 Å². The lowest BCUT2D eigenvalue weighted by molar-refractivity contribution is 0.0733. The Morgan fingerprint density at radius 1 is 0.971 bits per heavy atom. The lowest BCUT2D eigenvalue weighted by atomic mass is 9.95. The maximum absolute atomic E-state index is 13.7. The number of ether oxygens (including phenoxy) is 4. The highest BCUT2D eigenvalue weighted by atomic mass is 32.2. The van der Waals surface area contributed by atoms with Crippen molar-refractivity contribution in [3.05, 3.63) is 48.0 Å². The van der Waals surface area contributed by atoms with Crippen LogP contribution in [0.25, 0.3) is 0 Å². The van der Waals surface area contributed by atoms with Crippen LogP contribution in [0, 0.1) is 5.92 Å². The van der Waals surface area contributed by atoms with Gasteiger partial charge in [0.1, 0.15) is 0 Å². The smallest absolute Gasteiger partial charge is 0.203 e. The molecule has 3 atom stereocenters. The zero-order valence-corrected chi connectivity index (χ0v) is 23.8. The predicted molar refractivity (Wildman–Crippen MR) is 139 cm³/mol. The molecule has 1 heterocycles. The van der Waals surface area contributed by atoms with Crippen LogP contribution in [0.3, 0.4) is 0 Å². The third-order valence-corrected chi connectivity index (χ3v) is 13.9. The van der Waals surface area contributed by atoms with E-state index in [-0.39, 0.29) is 23.1 Å². The normalized spacial score (nSPS) is 21.1. The van der Waals surface area contributed by atoms with Gasteiger partial charge in [0.25, 0.3) is 0 Å². The van der Waals surface area contributed by atoms with Gasteiger partial charge in [0, 0.05) is 12.5 Å². The second kappa shape index (κ2) is 10.5. The Hall–Kier alpha value is -2.07. The highest BCUT2D eigenvalue weighted by molar-refractivity contribution is 7.92. The summed E-state index contributed by atoms with van der Waals surface area (Å²) >= 11 is 0. The predicted octanol–water partition coefficient (Wildman–Crippen LogP) is 5.26. The Kier molecular flexibility index (Phi) is 8.25. The van der Waals surface area contributed by atoms with Crippen LogP contribution >= 0.6 is 0 Å². The van der Waals surface area contributed by atoms with E-state index in [1.165, 1.54) is 0 Å². The van der Waals surface area contributed by atoms with Gasteiger partial charge in [0.2, 0.25) is 5.75 Å². The molecule has 0 aromatic heterocycles. The van der Waals surface area contributed by atoms with Gasteiger partial charge in [-0.3, -0.25) is 0 Å². The van der Waals surface area contributed by atoms with Gasteiger partial charge in [-0.15, -0.1) is 0 Å². The maximum Gasteiger partial charge on any atom is 0.203 e. The third kappa shape index (κ3) is 5.53. The fourth-order valence-electron chi connectivity index (χ4n) is 4.07. The van der Waals surface area contributed by atoms with Crippen LogP contribution in [-0.4, -0.2) is 56.5 Å². The molecule has 1 aliphatic rings. The van der Waals surface area contributed by atoms with E-state index >= 15 is 0 Å². The summed E-state index contributed by atoms with van der Waals surface area (Å²) in [5.74, 6) is 1.03. The minimum atomic E-state index is -3.65. The minimum Gasteiger partial charge on any atom is -0.493 e. The van der Waals surface area contributed by atoms with Gasteiger partial charge in [-0.05, 0) is 48.0 Å². The molecule has 194 valence electrons. The van der Waals surface area contributed by atoms with Crippen molar-refractivity contribution in [3.8, 4) is 17.2 Å². The average molecular weight is 523 g/mol. The summed E-state index contributed by atoms with van der Waals surface area (Å²) in [6.07, 6.45) is -0.517. The van der Waals surface area contributed by atoms with Crippen molar-refractivity contribution in [1.82, 2.24) is 0 Å². The number of methoxy groups -OCH3 is 3. The molecule has 1 saturated heterocycles. The van der Waals surface area contributed by atoms with Gasteiger partial charge in [0.15, 0.2) is 29.7 Å². The van der Waals surface area contributed by atoms with Crippen LogP contribution in [0.15, 0.2) is 47.4 Å². The summed E-state index contributed by atoms with van der Waals surface area (Å²) in [5, 5.41) is -0.763. The maximum atomic E-state index is 13.7. The van der Waals surface area contributed by atoms with Gasteiger partial charge >= 0.3 is 0 Å². The minimum absolute atomic E-state index is 0.0116.